The van der Waals surface area contributed by atoms with Crippen LogP contribution in [0.25, 0.3) is 6.08 Å². The number of rotatable bonds is 5. The van der Waals surface area contributed by atoms with E-state index in [1.807, 2.05) is 0 Å². The van der Waals surface area contributed by atoms with Gasteiger partial charge in [0.15, 0.2) is 6.61 Å². The fourth-order valence-corrected chi connectivity index (χ4v) is 3.62. The van der Waals surface area contributed by atoms with Gasteiger partial charge in [-0.3, -0.25) is 19.7 Å². The van der Waals surface area contributed by atoms with Gasteiger partial charge in [0, 0.05) is 17.6 Å². The molecule has 2 aromatic rings. The lowest BCUT2D eigenvalue weighted by Gasteiger charge is -2.26. The van der Waals surface area contributed by atoms with E-state index in [9.17, 15) is 19.2 Å². The van der Waals surface area contributed by atoms with Gasteiger partial charge in [-0.1, -0.05) is 28.1 Å². The van der Waals surface area contributed by atoms with Crippen LogP contribution < -0.4 is 15.0 Å². The van der Waals surface area contributed by atoms with Crippen molar-refractivity contribution in [3.8, 4) is 5.75 Å². The number of nitrogens with one attached hydrogen (secondary N) is 1. The molecule has 4 rings (SSSR count). The van der Waals surface area contributed by atoms with Crippen molar-refractivity contribution < 1.29 is 28.7 Å². The molecule has 0 bridgehead atoms. The van der Waals surface area contributed by atoms with Crippen LogP contribution in [0, 0.1) is 0 Å². The van der Waals surface area contributed by atoms with Gasteiger partial charge in [0.2, 0.25) is 0 Å². The Kier molecular flexibility index (Phi) is 6.85. The quantitative estimate of drug-likeness (QED) is 0.486. The Balaban J connectivity index is 1.45. The number of anilines is 1. The fourth-order valence-electron chi connectivity index (χ4n) is 3.36. The second kappa shape index (κ2) is 9.97. The Morgan fingerprint density at radius 1 is 1.03 bits per heavy atom. The molecule has 2 saturated heterocycles. The van der Waals surface area contributed by atoms with Crippen molar-refractivity contribution in [1.82, 2.24) is 10.2 Å². The summed E-state index contributed by atoms with van der Waals surface area (Å²) >= 11 is 3.30. The summed E-state index contributed by atoms with van der Waals surface area (Å²) in [7, 11) is 0. The normalized spacial score (nSPS) is 17.8. The van der Waals surface area contributed by atoms with E-state index < -0.39 is 17.8 Å². The fraction of sp³-hybridized carbons (Fsp3) is 0.217. The molecule has 0 saturated carbocycles. The van der Waals surface area contributed by atoms with Crippen LogP contribution >= 0.6 is 15.9 Å². The monoisotopic (exact) mass is 513 g/mol. The van der Waals surface area contributed by atoms with Crippen LogP contribution in [0.2, 0.25) is 0 Å². The molecule has 1 N–H and O–H groups in total. The zero-order valence-electron chi connectivity index (χ0n) is 17.5. The lowest BCUT2D eigenvalue weighted by Crippen LogP contribution is -2.54. The molecule has 0 aromatic heterocycles. The highest BCUT2D eigenvalue weighted by atomic mass is 79.9. The topological polar surface area (TPSA) is 105 Å². The number of morpholine rings is 1. The maximum atomic E-state index is 12.9. The molecule has 2 heterocycles. The molecule has 0 radical (unpaired) electrons. The summed E-state index contributed by atoms with van der Waals surface area (Å²) in [4.78, 5) is 52.3. The molecule has 170 valence electrons. The Morgan fingerprint density at radius 2 is 1.70 bits per heavy atom. The average Bonchev–Trinajstić information content (AvgIpc) is 2.82. The highest BCUT2D eigenvalue weighted by Gasteiger charge is 2.36. The molecule has 0 unspecified atom stereocenters. The van der Waals surface area contributed by atoms with Crippen molar-refractivity contribution in [3.05, 3.63) is 64.1 Å². The maximum absolute atomic E-state index is 12.9. The van der Waals surface area contributed by atoms with Crippen LogP contribution in [0.1, 0.15) is 5.56 Å². The molecular weight excluding hydrogens is 494 g/mol. The molecular formula is C23H20BrN3O6. The first-order chi connectivity index (χ1) is 15.9. The zero-order valence-corrected chi connectivity index (χ0v) is 19.0. The van der Waals surface area contributed by atoms with Crippen LogP contribution in [0.5, 0.6) is 5.75 Å². The summed E-state index contributed by atoms with van der Waals surface area (Å²) in [5.41, 5.74) is 0.729. The average molecular weight is 514 g/mol. The Labute approximate surface area is 198 Å². The van der Waals surface area contributed by atoms with Gasteiger partial charge in [0.25, 0.3) is 17.7 Å². The standard InChI is InChI=1S/C23H20BrN3O6/c24-16-3-5-17(6-4-16)27-22(30)19(21(29)25-23(27)31)13-15-1-7-18(8-2-15)33-14-20(28)26-9-11-32-12-10-26/h1-8,13H,9-12,14H2,(H,25,29,31)/b19-13+. The molecule has 2 aromatic carbocycles. The third-order valence-electron chi connectivity index (χ3n) is 5.10. The van der Waals surface area contributed by atoms with Crippen molar-refractivity contribution in [3.63, 3.8) is 0 Å². The third kappa shape index (κ3) is 5.29. The van der Waals surface area contributed by atoms with Gasteiger partial charge in [-0.15, -0.1) is 0 Å². The van der Waals surface area contributed by atoms with E-state index in [4.69, 9.17) is 9.47 Å². The number of barbiturate groups is 1. The molecule has 2 fully saturated rings. The van der Waals surface area contributed by atoms with Crippen LogP contribution in [0.4, 0.5) is 10.5 Å². The number of imide groups is 2. The van der Waals surface area contributed by atoms with Crippen molar-refractivity contribution >= 4 is 51.4 Å². The minimum atomic E-state index is -0.807. The van der Waals surface area contributed by atoms with Crippen molar-refractivity contribution in [2.45, 2.75) is 0 Å². The number of nitrogens with zero attached hydrogens (tertiary/aromatic N) is 2. The van der Waals surface area contributed by atoms with Gasteiger partial charge in [-0.25, -0.2) is 9.69 Å². The van der Waals surface area contributed by atoms with Gasteiger partial charge in [0.1, 0.15) is 11.3 Å². The van der Waals surface area contributed by atoms with Gasteiger partial charge in [0.05, 0.1) is 18.9 Å². The highest BCUT2D eigenvalue weighted by Crippen LogP contribution is 2.24. The number of hydrogen-bond acceptors (Lipinski definition) is 6. The molecule has 10 heteroatoms. The SMILES string of the molecule is O=C1NC(=O)N(c2ccc(Br)cc2)C(=O)/C1=C/c1ccc(OCC(=O)N2CCOCC2)cc1. The first-order valence-corrected chi connectivity index (χ1v) is 11.0. The summed E-state index contributed by atoms with van der Waals surface area (Å²) in [5.74, 6) is -1.13. The molecule has 2 aliphatic heterocycles. The second-order valence-corrected chi connectivity index (χ2v) is 8.20. The van der Waals surface area contributed by atoms with Crippen LogP contribution in [0.3, 0.4) is 0 Å². The van der Waals surface area contributed by atoms with Crippen molar-refractivity contribution in [2.75, 3.05) is 37.8 Å². The molecule has 33 heavy (non-hydrogen) atoms. The number of hydrogen-bond donors (Lipinski definition) is 1. The Hall–Kier alpha value is -3.50. The van der Waals surface area contributed by atoms with Gasteiger partial charge in [-0.2, -0.15) is 0 Å². The van der Waals surface area contributed by atoms with E-state index in [1.165, 1.54) is 6.08 Å². The number of urea groups is 1. The summed E-state index contributed by atoms with van der Waals surface area (Å²) in [6, 6.07) is 12.4. The zero-order chi connectivity index (χ0) is 23.4. The minimum absolute atomic E-state index is 0.0917. The molecule has 0 spiro atoms. The predicted octanol–water partition coefficient (Wildman–Crippen LogP) is 2.35. The molecule has 0 aliphatic carbocycles. The number of amides is 5. The minimum Gasteiger partial charge on any atom is -0.484 e. The van der Waals surface area contributed by atoms with Crippen molar-refractivity contribution in [1.29, 1.82) is 0 Å². The van der Waals surface area contributed by atoms with Crippen LogP contribution in [0.15, 0.2) is 58.6 Å². The second-order valence-electron chi connectivity index (χ2n) is 7.29. The van der Waals surface area contributed by atoms with E-state index in [0.717, 1.165) is 9.37 Å². The van der Waals surface area contributed by atoms with E-state index in [0.29, 0.717) is 43.3 Å². The summed E-state index contributed by atoms with van der Waals surface area (Å²) in [5, 5.41) is 2.19. The summed E-state index contributed by atoms with van der Waals surface area (Å²) in [6.45, 7) is 2.04. The van der Waals surface area contributed by atoms with Gasteiger partial charge >= 0.3 is 6.03 Å². The van der Waals surface area contributed by atoms with Gasteiger partial charge < -0.3 is 14.4 Å². The first-order valence-electron chi connectivity index (χ1n) is 10.2. The number of halogens is 1. The van der Waals surface area contributed by atoms with Crippen LogP contribution in [-0.2, 0) is 19.1 Å². The van der Waals surface area contributed by atoms with Crippen LogP contribution in [-0.4, -0.2) is 61.6 Å². The van der Waals surface area contributed by atoms with E-state index in [2.05, 4.69) is 21.2 Å². The largest absolute Gasteiger partial charge is 0.484 e. The highest BCUT2D eigenvalue weighted by molar-refractivity contribution is 9.10. The predicted molar refractivity (Wildman–Crippen MR) is 122 cm³/mol. The molecule has 2 aliphatic rings. The third-order valence-corrected chi connectivity index (χ3v) is 5.63. The first kappa shape index (κ1) is 22.7. The Morgan fingerprint density at radius 3 is 2.36 bits per heavy atom. The maximum Gasteiger partial charge on any atom is 0.335 e. The van der Waals surface area contributed by atoms with E-state index in [-0.39, 0.29) is 18.1 Å². The lowest BCUT2D eigenvalue weighted by atomic mass is 10.1. The van der Waals surface area contributed by atoms with E-state index in [1.54, 1.807) is 53.4 Å². The number of carbonyl (C=O) groups is 4. The van der Waals surface area contributed by atoms with E-state index >= 15 is 0 Å². The van der Waals surface area contributed by atoms with Gasteiger partial charge in [-0.05, 0) is 48.0 Å². The summed E-state index contributed by atoms with van der Waals surface area (Å²) in [6.07, 6.45) is 1.40. The smallest absolute Gasteiger partial charge is 0.335 e. The number of ether oxygens (including phenoxy) is 2. The number of benzene rings is 2. The molecule has 9 nitrogen and oxygen atoms in total. The lowest BCUT2D eigenvalue weighted by molar-refractivity contribution is -0.137. The molecule has 0 atom stereocenters. The molecule has 5 amide bonds. The Bertz CT molecular complexity index is 1110. The summed E-state index contributed by atoms with van der Waals surface area (Å²) < 4.78 is 11.6. The van der Waals surface area contributed by atoms with Crippen molar-refractivity contribution in [2.24, 2.45) is 0 Å². The number of carbonyl (C=O) groups excluding carboxylic acids is 4.